The highest BCUT2D eigenvalue weighted by atomic mass is 32.2. The summed E-state index contributed by atoms with van der Waals surface area (Å²) in [5.41, 5.74) is 1.37. The number of nitrogens with zero attached hydrogens (tertiary/aromatic N) is 2. The molecule has 0 atom stereocenters. The average molecular weight is 290 g/mol. The fourth-order valence-corrected chi connectivity index (χ4v) is 3.43. The minimum Gasteiger partial charge on any atom is -0.464 e. The first-order chi connectivity index (χ1) is 9.24. The smallest absolute Gasteiger partial charge is 0.177 e. The molecule has 0 aliphatic rings. The van der Waals surface area contributed by atoms with Crippen LogP contribution in [0, 0.1) is 6.92 Å². The molecule has 3 aromatic rings. The molecular weight excluding hydrogens is 280 g/mol. The Morgan fingerprint density at radius 2 is 2.21 bits per heavy atom. The van der Waals surface area contributed by atoms with Gasteiger partial charge >= 0.3 is 0 Å². The fraction of sp³-hybridized carbons (Fsp3) is 0.154. The van der Waals surface area contributed by atoms with Crippen molar-refractivity contribution < 1.29 is 9.21 Å². The molecular formula is C13H10N2O2S2. The summed E-state index contributed by atoms with van der Waals surface area (Å²) in [6.45, 7) is 1.90. The minimum atomic E-state index is 0.0443. The molecule has 2 aromatic heterocycles. The molecule has 1 aromatic carbocycles. The zero-order valence-corrected chi connectivity index (χ0v) is 11.8. The van der Waals surface area contributed by atoms with Crippen LogP contribution in [0.4, 0.5) is 0 Å². The number of carbonyl (C=O) groups is 1. The Balaban J connectivity index is 1.77. The van der Waals surface area contributed by atoms with E-state index in [9.17, 15) is 4.79 Å². The van der Waals surface area contributed by atoms with Crippen molar-refractivity contribution >= 4 is 39.9 Å². The van der Waals surface area contributed by atoms with E-state index in [-0.39, 0.29) is 5.78 Å². The first-order valence-electron chi connectivity index (χ1n) is 5.66. The Labute approximate surface area is 117 Å². The van der Waals surface area contributed by atoms with E-state index >= 15 is 0 Å². The zero-order valence-electron chi connectivity index (χ0n) is 10.1. The van der Waals surface area contributed by atoms with Crippen LogP contribution in [0.1, 0.15) is 15.4 Å². The van der Waals surface area contributed by atoms with E-state index in [4.69, 9.17) is 4.42 Å². The highest BCUT2D eigenvalue weighted by molar-refractivity contribution is 8.01. The quantitative estimate of drug-likeness (QED) is 0.543. The first kappa shape index (κ1) is 12.4. The molecule has 3 rings (SSSR count). The van der Waals surface area contributed by atoms with Crippen molar-refractivity contribution in [2.45, 2.75) is 11.3 Å². The number of para-hydroxylation sites is 1. The zero-order chi connectivity index (χ0) is 13.2. The molecule has 4 nitrogen and oxygen atoms in total. The van der Waals surface area contributed by atoms with Crippen LogP contribution in [0.5, 0.6) is 0 Å². The number of hydrogen-bond donors (Lipinski definition) is 0. The van der Waals surface area contributed by atoms with Gasteiger partial charge in [-0.3, -0.25) is 4.79 Å². The van der Waals surface area contributed by atoms with Gasteiger partial charge in [0.25, 0.3) is 0 Å². The van der Waals surface area contributed by atoms with E-state index in [0.717, 1.165) is 20.3 Å². The molecule has 0 aliphatic heterocycles. The van der Waals surface area contributed by atoms with Gasteiger partial charge in [0.1, 0.15) is 16.9 Å². The molecule has 0 bridgehead atoms. The number of aromatic nitrogens is 2. The van der Waals surface area contributed by atoms with Crippen molar-refractivity contribution in [3.05, 3.63) is 41.1 Å². The molecule has 0 unspecified atom stereocenters. The number of carbonyl (C=O) groups excluding carboxylic acids is 1. The van der Waals surface area contributed by atoms with Gasteiger partial charge in [-0.1, -0.05) is 41.3 Å². The Hall–Kier alpha value is -1.66. The normalized spacial score (nSPS) is 11.0. The number of furan rings is 1. The topological polar surface area (TPSA) is 56.0 Å². The molecule has 0 saturated heterocycles. The maximum absolute atomic E-state index is 12.2. The van der Waals surface area contributed by atoms with Gasteiger partial charge in [-0.2, -0.15) is 0 Å². The second-order valence-corrected chi connectivity index (χ2v) is 6.35. The van der Waals surface area contributed by atoms with Crippen molar-refractivity contribution in [1.29, 1.82) is 0 Å². The minimum absolute atomic E-state index is 0.0443. The third kappa shape index (κ3) is 2.54. The van der Waals surface area contributed by atoms with E-state index in [0.29, 0.717) is 11.3 Å². The summed E-state index contributed by atoms with van der Waals surface area (Å²) in [4.78, 5) is 12.2. The van der Waals surface area contributed by atoms with Crippen molar-refractivity contribution in [2.24, 2.45) is 0 Å². The third-order valence-electron chi connectivity index (χ3n) is 2.62. The van der Waals surface area contributed by atoms with E-state index in [2.05, 4.69) is 10.2 Å². The molecule has 0 saturated carbocycles. The van der Waals surface area contributed by atoms with Gasteiger partial charge in [-0.25, -0.2) is 0 Å². The summed E-state index contributed by atoms with van der Waals surface area (Å²) in [5.74, 6) is 0.390. The lowest BCUT2D eigenvalue weighted by molar-refractivity contribution is 0.102. The van der Waals surface area contributed by atoms with Crippen molar-refractivity contribution in [3.63, 3.8) is 0 Å². The van der Waals surface area contributed by atoms with Crippen LogP contribution in [0.15, 0.2) is 39.3 Å². The predicted molar refractivity (Wildman–Crippen MR) is 75.9 cm³/mol. The van der Waals surface area contributed by atoms with Crippen LogP contribution in [-0.2, 0) is 0 Å². The Morgan fingerprint density at radius 1 is 1.37 bits per heavy atom. The molecule has 0 aliphatic carbocycles. The monoisotopic (exact) mass is 290 g/mol. The second kappa shape index (κ2) is 5.14. The number of ketones is 1. The number of benzene rings is 1. The average Bonchev–Trinajstić information content (AvgIpc) is 3.02. The molecule has 96 valence electrons. The summed E-state index contributed by atoms with van der Waals surface area (Å²) in [6.07, 6.45) is 1.53. The number of Topliss-reactive ketones (excluding diaryl/α,β-unsaturated/α-hetero) is 1. The molecule has 0 spiro atoms. The molecule has 0 amide bonds. The predicted octanol–water partition coefficient (Wildman–Crippen LogP) is 3.57. The van der Waals surface area contributed by atoms with E-state index in [1.54, 1.807) is 0 Å². The van der Waals surface area contributed by atoms with Gasteiger partial charge in [-0.05, 0) is 13.0 Å². The maximum atomic E-state index is 12.2. The summed E-state index contributed by atoms with van der Waals surface area (Å²) >= 11 is 2.91. The summed E-state index contributed by atoms with van der Waals surface area (Å²) < 4.78 is 6.19. The Morgan fingerprint density at radius 3 is 3.00 bits per heavy atom. The fourth-order valence-electron chi connectivity index (χ4n) is 1.74. The van der Waals surface area contributed by atoms with Gasteiger partial charge in [0.2, 0.25) is 0 Å². The van der Waals surface area contributed by atoms with E-state index in [1.165, 1.54) is 29.4 Å². The summed E-state index contributed by atoms with van der Waals surface area (Å²) in [5, 5.41) is 9.68. The number of fused-ring (bicyclic) bond motifs is 1. The molecule has 2 heterocycles. The van der Waals surface area contributed by atoms with Crippen molar-refractivity contribution in [3.8, 4) is 0 Å². The second-order valence-electron chi connectivity index (χ2n) is 3.94. The van der Waals surface area contributed by atoms with Gasteiger partial charge in [-0.15, -0.1) is 10.2 Å². The summed E-state index contributed by atoms with van der Waals surface area (Å²) in [6, 6.07) is 7.54. The van der Waals surface area contributed by atoms with Gasteiger partial charge < -0.3 is 4.42 Å². The van der Waals surface area contributed by atoms with E-state index in [1.807, 2.05) is 31.2 Å². The SMILES string of the molecule is Cc1nnc(SCC(=O)c2coc3ccccc23)s1. The van der Waals surface area contributed by atoms with Crippen molar-refractivity contribution in [2.75, 3.05) is 5.75 Å². The van der Waals surface area contributed by atoms with Crippen LogP contribution < -0.4 is 0 Å². The number of rotatable bonds is 4. The number of aryl methyl sites for hydroxylation is 1. The standard InChI is InChI=1S/C13H10N2O2S2/c1-8-14-15-13(19-8)18-7-11(16)10-6-17-12-5-3-2-4-9(10)12/h2-6H,7H2,1H3. The lowest BCUT2D eigenvalue weighted by Crippen LogP contribution is -2.00. The van der Waals surface area contributed by atoms with Gasteiger partial charge in [0.05, 0.1) is 11.3 Å². The Bertz CT molecular complexity index is 733. The maximum Gasteiger partial charge on any atom is 0.177 e. The first-order valence-corrected chi connectivity index (χ1v) is 7.46. The molecule has 0 N–H and O–H groups in total. The lowest BCUT2D eigenvalue weighted by Gasteiger charge is -1.96. The summed E-state index contributed by atoms with van der Waals surface area (Å²) in [7, 11) is 0. The van der Waals surface area contributed by atoms with Gasteiger partial charge in [0, 0.05) is 5.39 Å². The molecule has 0 radical (unpaired) electrons. The van der Waals surface area contributed by atoms with Crippen molar-refractivity contribution in [1.82, 2.24) is 10.2 Å². The van der Waals surface area contributed by atoms with E-state index < -0.39 is 0 Å². The third-order valence-corrected chi connectivity index (χ3v) is 4.59. The highest BCUT2D eigenvalue weighted by Gasteiger charge is 2.14. The number of thioether (sulfide) groups is 1. The molecule has 19 heavy (non-hydrogen) atoms. The lowest BCUT2D eigenvalue weighted by atomic mass is 10.1. The highest BCUT2D eigenvalue weighted by Crippen LogP contribution is 2.26. The van der Waals surface area contributed by atoms with Crippen LogP contribution in [0.3, 0.4) is 0 Å². The van der Waals surface area contributed by atoms with Crippen LogP contribution in [0.25, 0.3) is 11.0 Å². The van der Waals surface area contributed by atoms with Crippen LogP contribution in [-0.4, -0.2) is 21.7 Å². The van der Waals surface area contributed by atoms with Crippen LogP contribution in [0.2, 0.25) is 0 Å². The molecule has 0 fully saturated rings. The Kier molecular flexibility index (Phi) is 3.35. The van der Waals surface area contributed by atoms with Crippen LogP contribution >= 0.6 is 23.1 Å². The number of hydrogen-bond acceptors (Lipinski definition) is 6. The van der Waals surface area contributed by atoms with Gasteiger partial charge in [0.15, 0.2) is 10.1 Å². The largest absolute Gasteiger partial charge is 0.464 e. The molecule has 6 heteroatoms.